The first-order chi connectivity index (χ1) is 15.1. The molecule has 1 aliphatic heterocycles. The van der Waals surface area contributed by atoms with E-state index in [2.05, 4.69) is 10.6 Å². The fraction of sp³-hybridized carbons (Fsp3) is 0.409. The predicted molar refractivity (Wildman–Crippen MR) is 116 cm³/mol. The fourth-order valence-electron chi connectivity index (χ4n) is 3.76. The van der Waals surface area contributed by atoms with Gasteiger partial charge in [-0.3, -0.25) is 14.4 Å². The lowest BCUT2D eigenvalue weighted by atomic mass is 10.2. The van der Waals surface area contributed by atoms with E-state index in [4.69, 9.17) is 9.47 Å². The van der Waals surface area contributed by atoms with E-state index < -0.39 is 11.8 Å². The van der Waals surface area contributed by atoms with E-state index in [9.17, 15) is 14.4 Å². The number of nitrogens with one attached hydrogen (secondary N) is 2. The number of carbonyl (C=O) groups excluding carboxylic acids is 3. The summed E-state index contributed by atoms with van der Waals surface area (Å²) in [6, 6.07) is 8.85. The van der Waals surface area contributed by atoms with Crippen molar-refractivity contribution in [2.24, 2.45) is 0 Å². The molecule has 2 aromatic rings. The Morgan fingerprint density at radius 1 is 1.06 bits per heavy atom. The second kappa shape index (κ2) is 9.82. The number of thiophene rings is 1. The van der Waals surface area contributed by atoms with Crippen molar-refractivity contribution in [3.63, 3.8) is 0 Å². The first-order valence-electron chi connectivity index (χ1n) is 10.4. The molecule has 0 unspecified atom stereocenters. The van der Waals surface area contributed by atoms with E-state index in [-0.39, 0.29) is 25.0 Å². The van der Waals surface area contributed by atoms with Gasteiger partial charge in [-0.25, -0.2) is 0 Å². The van der Waals surface area contributed by atoms with Crippen molar-refractivity contribution in [1.82, 2.24) is 10.2 Å². The lowest BCUT2D eigenvalue weighted by Crippen LogP contribution is -2.46. The van der Waals surface area contributed by atoms with Crippen molar-refractivity contribution in [2.75, 3.05) is 25.1 Å². The number of nitrogens with zero attached hydrogens (tertiary/aromatic N) is 1. The predicted octanol–water partition coefficient (Wildman–Crippen LogP) is 2.55. The molecule has 0 atom stereocenters. The van der Waals surface area contributed by atoms with Crippen molar-refractivity contribution >= 4 is 34.7 Å². The summed E-state index contributed by atoms with van der Waals surface area (Å²) in [4.78, 5) is 40.3. The summed E-state index contributed by atoms with van der Waals surface area (Å²) in [6.07, 6.45) is 4.10. The summed E-state index contributed by atoms with van der Waals surface area (Å²) in [5, 5.41) is 7.47. The summed E-state index contributed by atoms with van der Waals surface area (Å²) in [5.41, 5.74) is 0.425. The summed E-state index contributed by atoms with van der Waals surface area (Å²) >= 11 is 1.47. The molecular weight excluding hydrogens is 418 g/mol. The molecule has 4 rings (SSSR count). The maximum Gasteiger partial charge on any atom is 0.313 e. The average Bonchev–Trinajstić information content (AvgIpc) is 3.47. The number of rotatable bonds is 6. The van der Waals surface area contributed by atoms with Crippen LogP contribution in [0.1, 0.15) is 30.6 Å². The number of fused-ring (bicyclic) bond motifs is 1. The zero-order valence-electron chi connectivity index (χ0n) is 17.1. The number of amides is 3. The van der Waals surface area contributed by atoms with Crippen LogP contribution in [-0.4, -0.2) is 48.4 Å². The maximum atomic E-state index is 12.9. The number of hydrogen-bond acceptors (Lipinski definition) is 6. The molecule has 1 fully saturated rings. The zero-order valence-corrected chi connectivity index (χ0v) is 17.9. The van der Waals surface area contributed by atoms with Gasteiger partial charge in [-0.15, -0.1) is 11.3 Å². The van der Waals surface area contributed by atoms with Gasteiger partial charge in [0.05, 0.1) is 6.54 Å². The van der Waals surface area contributed by atoms with Crippen LogP contribution in [-0.2, 0) is 20.9 Å². The molecule has 1 aromatic carbocycles. The van der Waals surface area contributed by atoms with Gasteiger partial charge in [-0.1, -0.05) is 18.9 Å². The number of hydrogen-bond donors (Lipinski definition) is 2. The van der Waals surface area contributed by atoms with E-state index in [1.165, 1.54) is 16.2 Å². The Morgan fingerprint density at radius 3 is 2.58 bits per heavy atom. The zero-order chi connectivity index (χ0) is 21.6. The Hall–Kier alpha value is -3.07. The minimum Gasteiger partial charge on any atom is -0.486 e. The molecule has 1 aromatic heterocycles. The molecule has 31 heavy (non-hydrogen) atoms. The molecule has 2 heterocycles. The van der Waals surface area contributed by atoms with Crippen LogP contribution in [0.4, 0.5) is 5.69 Å². The first kappa shape index (κ1) is 21.2. The van der Waals surface area contributed by atoms with Crippen molar-refractivity contribution in [3.05, 3.63) is 40.6 Å². The normalized spacial score (nSPS) is 15.4. The molecule has 9 heteroatoms. The molecule has 164 valence electrons. The lowest BCUT2D eigenvalue weighted by Gasteiger charge is -2.23. The molecule has 0 radical (unpaired) electrons. The third-order valence-corrected chi connectivity index (χ3v) is 6.12. The first-order valence-corrected chi connectivity index (χ1v) is 11.3. The fourth-order valence-corrected chi connectivity index (χ4v) is 4.48. The third kappa shape index (κ3) is 5.55. The molecule has 1 aliphatic carbocycles. The largest absolute Gasteiger partial charge is 0.486 e. The monoisotopic (exact) mass is 443 g/mol. The van der Waals surface area contributed by atoms with Gasteiger partial charge in [0.2, 0.25) is 5.91 Å². The standard InChI is InChI=1S/C22H25N3O5S/c26-20(23-15-4-1-2-5-15)14-25(13-17-6-3-11-31-17)22(28)21(27)24-16-7-8-18-19(12-16)30-10-9-29-18/h3,6-8,11-12,15H,1-2,4-5,9-10,13-14H2,(H,23,26)(H,24,27). The quantitative estimate of drug-likeness (QED) is 0.669. The van der Waals surface area contributed by atoms with E-state index in [0.717, 1.165) is 30.6 Å². The van der Waals surface area contributed by atoms with E-state index in [1.807, 2.05) is 17.5 Å². The van der Waals surface area contributed by atoms with E-state index in [1.54, 1.807) is 18.2 Å². The number of ether oxygens (including phenoxy) is 2. The van der Waals surface area contributed by atoms with Gasteiger partial charge >= 0.3 is 11.8 Å². The topological polar surface area (TPSA) is 97.0 Å². The molecule has 1 saturated carbocycles. The minimum absolute atomic E-state index is 0.151. The highest BCUT2D eigenvalue weighted by Crippen LogP contribution is 2.32. The Morgan fingerprint density at radius 2 is 1.84 bits per heavy atom. The average molecular weight is 444 g/mol. The van der Waals surface area contributed by atoms with Crippen LogP contribution in [0.2, 0.25) is 0 Å². The van der Waals surface area contributed by atoms with Crippen LogP contribution in [0.5, 0.6) is 11.5 Å². The highest BCUT2D eigenvalue weighted by Gasteiger charge is 2.26. The van der Waals surface area contributed by atoms with Gasteiger partial charge < -0.3 is 25.0 Å². The summed E-state index contributed by atoms with van der Waals surface area (Å²) in [5.74, 6) is -0.697. The van der Waals surface area contributed by atoms with Gasteiger partial charge in [0, 0.05) is 22.7 Å². The Balaban J connectivity index is 1.42. The Kier molecular flexibility index (Phi) is 6.71. The van der Waals surface area contributed by atoms with Crippen LogP contribution in [0.3, 0.4) is 0 Å². The Bertz CT molecular complexity index is 941. The summed E-state index contributed by atoms with van der Waals surface area (Å²) in [6.45, 7) is 0.927. The van der Waals surface area contributed by atoms with Gasteiger partial charge in [-0.2, -0.15) is 0 Å². The molecule has 2 N–H and O–H groups in total. The summed E-state index contributed by atoms with van der Waals surface area (Å²) < 4.78 is 11.0. The van der Waals surface area contributed by atoms with Gasteiger partial charge in [0.25, 0.3) is 0 Å². The number of carbonyl (C=O) groups is 3. The molecule has 0 spiro atoms. The van der Waals surface area contributed by atoms with Crippen LogP contribution >= 0.6 is 11.3 Å². The van der Waals surface area contributed by atoms with Gasteiger partial charge in [0.1, 0.15) is 19.8 Å². The number of benzene rings is 1. The van der Waals surface area contributed by atoms with E-state index >= 15 is 0 Å². The van der Waals surface area contributed by atoms with Crippen molar-refractivity contribution in [1.29, 1.82) is 0 Å². The molecule has 3 amide bonds. The Labute approximate surface area is 184 Å². The second-order valence-corrected chi connectivity index (χ2v) is 8.63. The van der Waals surface area contributed by atoms with Gasteiger partial charge in [0.15, 0.2) is 11.5 Å². The summed E-state index contributed by atoms with van der Waals surface area (Å²) in [7, 11) is 0. The number of anilines is 1. The van der Waals surface area contributed by atoms with Crippen LogP contribution in [0, 0.1) is 0 Å². The second-order valence-electron chi connectivity index (χ2n) is 7.60. The molecule has 0 saturated heterocycles. The highest BCUT2D eigenvalue weighted by atomic mass is 32.1. The third-order valence-electron chi connectivity index (χ3n) is 5.26. The molecular formula is C22H25N3O5S. The van der Waals surface area contributed by atoms with Crippen molar-refractivity contribution in [2.45, 2.75) is 38.3 Å². The van der Waals surface area contributed by atoms with Crippen LogP contribution < -0.4 is 20.1 Å². The molecule has 0 bridgehead atoms. The minimum atomic E-state index is -0.804. The maximum absolute atomic E-state index is 12.9. The van der Waals surface area contributed by atoms with Crippen molar-refractivity contribution < 1.29 is 23.9 Å². The lowest BCUT2D eigenvalue weighted by molar-refractivity contribution is -0.145. The smallest absolute Gasteiger partial charge is 0.313 e. The SMILES string of the molecule is O=C(CN(Cc1cccs1)C(=O)C(=O)Nc1ccc2c(c1)OCCO2)NC1CCCC1. The van der Waals surface area contributed by atoms with Gasteiger partial charge in [-0.05, 0) is 36.4 Å². The van der Waals surface area contributed by atoms with E-state index in [0.29, 0.717) is 30.4 Å². The van der Waals surface area contributed by atoms with Crippen LogP contribution in [0.25, 0.3) is 0 Å². The van der Waals surface area contributed by atoms with Crippen molar-refractivity contribution in [3.8, 4) is 11.5 Å². The molecule has 2 aliphatic rings. The molecule has 8 nitrogen and oxygen atoms in total. The highest BCUT2D eigenvalue weighted by molar-refractivity contribution is 7.09. The van der Waals surface area contributed by atoms with Crippen LogP contribution in [0.15, 0.2) is 35.7 Å².